The summed E-state index contributed by atoms with van der Waals surface area (Å²) in [6, 6.07) is 2.14. The van der Waals surface area contributed by atoms with E-state index in [4.69, 9.17) is 0 Å². The van der Waals surface area contributed by atoms with Crippen LogP contribution >= 0.6 is 11.3 Å². The van der Waals surface area contributed by atoms with E-state index in [1.165, 1.54) is 10.4 Å². The first-order valence-corrected chi connectivity index (χ1v) is 4.19. The van der Waals surface area contributed by atoms with Gasteiger partial charge in [0.2, 0.25) is 0 Å². The summed E-state index contributed by atoms with van der Waals surface area (Å²) in [6.07, 6.45) is 0. The van der Waals surface area contributed by atoms with E-state index in [0.717, 1.165) is 0 Å². The third kappa shape index (κ3) is 3.64. The molecule has 0 unspecified atom stereocenters. The van der Waals surface area contributed by atoms with Crippen molar-refractivity contribution in [3.63, 3.8) is 0 Å². The fourth-order valence-electron chi connectivity index (χ4n) is 0.448. The van der Waals surface area contributed by atoms with Crippen LogP contribution in [-0.2, 0) is 0 Å². The van der Waals surface area contributed by atoms with Crippen LogP contribution in [0.4, 0.5) is 0 Å². The lowest BCUT2D eigenvalue weighted by Gasteiger charge is -1.79. The lowest BCUT2D eigenvalue weighted by atomic mass is 10.3. The minimum absolute atomic E-state index is 0. The molecule has 1 heterocycles. The molecule has 1 rings (SSSR count). The summed E-state index contributed by atoms with van der Waals surface area (Å²) in [4.78, 5) is 1.43. The molecule has 0 bridgehead atoms. The molecule has 3 N–H and O–H groups in total. The second-order valence-electron chi connectivity index (χ2n) is 1.66. The Balaban J connectivity index is 0. The van der Waals surface area contributed by atoms with Crippen LogP contribution in [0.1, 0.15) is 24.3 Å². The first-order chi connectivity index (χ1) is 4.30. The topological polar surface area (TPSA) is 35.0 Å². The molecular formula is C8H17NS. The van der Waals surface area contributed by atoms with Crippen molar-refractivity contribution < 1.29 is 0 Å². The van der Waals surface area contributed by atoms with Crippen molar-refractivity contribution in [2.24, 2.45) is 0 Å². The van der Waals surface area contributed by atoms with Gasteiger partial charge in [-0.3, -0.25) is 0 Å². The molecule has 0 aromatic carbocycles. The van der Waals surface area contributed by atoms with Gasteiger partial charge in [0.25, 0.3) is 0 Å². The highest BCUT2D eigenvalue weighted by atomic mass is 32.1. The third-order valence-electron chi connectivity index (χ3n) is 1.12. The van der Waals surface area contributed by atoms with Gasteiger partial charge in [-0.25, -0.2) is 0 Å². The molecule has 0 saturated heterocycles. The standard InChI is InChI=1S/C6H8S.C2H6.H3N/c1-5-3-4-7-6(5)2;1-2;/h3-4H,1-2H3;1-2H3;1H3. The number of aryl methyl sites for hydroxylation is 2. The SMILES string of the molecule is CC.Cc1ccsc1C.N. The molecule has 0 aliphatic rings. The fraction of sp³-hybridized carbons (Fsp3) is 0.500. The van der Waals surface area contributed by atoms with Gasteiger partial charge in [-0.05, 0) is 30.9 Å². The zero-order chi connectivity index (χ0) is 7.28. The van der Waals surface area contributed by atoms with Crippen molar-refractivity contribution >= 4 is 11.3 Å². The van der Waals surface area contributed by atoms with Gasteiger partial charge >= 0.3 is 0 Å². The Labute approximate surface area is 67.7 Å². The van der Waals surface area contributed by atoms with Crippen LogP contribution < -0.4 is 6.15 Å². The van der Waals surface area contributed by atoms with E-state index >= 15 is 0 Å². The second-order valence-corrected chi connectivity index (χ2v) is 2.78. The minimum atomic E-state index is 0. The Hall–Kier alpha value is -0.340. The molecule has 0 saturated carbocycles. The van der Waals surface area contributed by atoms with Crippen LogP contribution in [0.25, 0.3) is 0 Å². The van der Waals surface area contributed by atoms with Gasteiger partial charge in [-0.2, -0.15) is 0 Å². The van der Waals surface area contributed by atoms with Crippen LogP contribution in [-0.4, -0.2) is 0 Å². The molecular weight excluding hydrogens is 142 g/mol. The quantitative estimate of drug-likeness (QED) is 0.617. The zero-order valence-corrected chi connectivity index (χ0v) is 8.09. The number of thiophene rings is 1. The summed E-state index contributed by atoms with van der Waals surface area (Å²) in [6.45, 7) is 8.27. The van der Waals surface area contributed by atoms with Crippen molar-refractivity contribution in [3.05, 3.63) is 21.9 Å². The number of hydrogen-bond acceptors (Lipinski definition) is 2. The van der Waals surface area contributed by atoms with E-state index in [0.29, 0.717) is 0 Å². The lowest BCUT2D eigenvalue weighted by molar-refractivity contribution is 1.44. The first kappa shape index (κ1) is 12.3. The molecule has 0 spiro atoms. The van der Waals surface area contributed by atoms with Crippen LogP contribution in [0.15, 0.2) is 11.4 Å². The average Bonchev–Trinajstić information content (AvgIpc) is 2.23. The largest absolute Gasteiger partial charge is 0.344 e. The maximum atomic E-state index is 2.14. The van der Waals surface area contributed by atoms with Crippen LogP contribution in [0.3, 0.4) is 0 Å². The average molecular weight is 159 g/mol. The van der Waals surface area contributed by atoms with Gasteiger partial charge in [-0.15, -0.1) is 11.3 Å². The highest BCUT2D eigenvalue weighted by Gasteiger charge is 1.87. The van der Waals surface area contributed by atoms with E-state index in [2.05, 4.69) is 25.3 Å². The molecule has 0 aliphatic heterocycles. The fourth-order valence-corrected chi connectivity index (χ4v) is 1.18. The Morgan fingerprint density at radius 1 is 1.20 bits per heavy atom. The normalized spacial score (nSPS) is 7.20. The molecule has 2 heteroatoms. The molecule has 1 nitrogen and oxygen atoms in total. The Bertz CT molecular complexity index is 142. The van der Waals surface area contributed by atoms with E-state index in [1.54, 1.807) is 11.3 Å². The smallest absolute Gasteiger partial charge is 0.00433 e. The van der Waals surface area contributed by atoms with E-state index in [9.17, 15) is 0 Å². The highest BCUT2D eigenvalue weighted by molar-refractivity contribution is 7.10. The van der Waals surface area contributed by atoms with Crippen molar-refractivity contribution in [1.29, 1.82) is 0 Å². The number of rotatable bonds is 0. The summed E-state index contributed by atoms with van der Waals surface area (Å²) in [5.74, 6) is 0. The molecule has 0 amide bonds. The zero-order valence-electron chi connectivity index (χ0n) is 7.27. The Morgan fingerprint density at radius 2 is 1.70 bits per heavy atom. The van der Waals surface area contributed by atoms with Crippen molar-refractivity contribution in [3.8, 4) is 0 Å². The van der Waals surface area contributed by atoms with Crippen molar-refractivity contribution in [1.82, 2.24) is 6.15 Å². The van der Waals surface area contributed by atoms with Gasteiger partial charge in [0.05, 0.1) is 0 Å². The molecule has 0 fully saturated rings. The third-order valence-corrected chi connectivity index (χ3v) is 2.07. The van der Waals surface area contributed by atoms with Gasteiger partial charge in [0, 0.05) is 4.88 Å². The molecule has 60 valence electrons. The molecule has 0 aliphatic carbocycles. The van der Waals surface area contributed by atoms with E-state index < -0.39 is 0 Å². The maximum absolute atomic E-state index is 2.14. The van der Waals surface area contributed by atoms with Crippen molar-refractivity contribution in [2.75, 3.05) is 0 Å². The second kappa shape index (κ2) is 6.78. The minimum Gasteiger partial charge on any atom is -0.344 e. The summed E-state index contributed by atoms with van der Waals surface area (Å²) < 4.78 is 0. The van der Waals surface area contributed by atoms with Gasteiger partial charge in [0.15, 0.2) is 0 Å². The summed E-state index contributed by atoms with van der Waals surface area (Å²) in [7, 11) is 0. The highest BCUT2D eigenvalue weighted by Crippen LogP contribution is 2.12. The monoisotopic (exact) mass is 159 g/mol. The predicted octanol–water partition coefficient (Wildman–Crippen LogP) is 3.55. The maximum Gasteiger partial charge on any atom is 0.00433 e. The number of hydrogen-bond donors (Lipinski definition) is 1. The molecule has 1 aromatic heterocycles. The van der Waals surface area contributed by atoms with Gasteiger partial charge in [-0.1, -0.05) is 13.8 Å². The van der Waals surface area contributed by atoms with Crippen LogP contribution in [0.5, 0.6) is 0 Å². The Kier molecular flexibility index (Phi) is 8.37. The molecule has 1 aromatic rings. The molecule has 10 heavy (non-hydrogen) atoms. The summed E-state index contributed by atoms with van der Waals surface area (Å²) in [5, 5.41) is 2.12. The molecule has 0 radical (unpaired) electrons. The lowest BCUT2D eigenvalue weighted by Crippen LogP contribution is -1.61. The van der Waals surface area contributed by atoms with E-state index in [1.807, 2.05) is 13.8 Å². The molecule has 0 atom stereocenters. The van der Waals surface area contributed by atoms with E-state index in [-0.39, 0.29) is 6.15 Å². The van der Waals surface area contributed by atoms with Gasteiger partial charge < -0.3 is 6.15 Å². The Morgan fingerprint density at radius 3 is 1.80 bits per heavy atom. The predicted molar refractivity (Wildman–Crippen MR) is 50.2 cm³/mol. The van der Waals surface area contributed by atoms with Gasteiger partial charge in [0.1, 0.15) is 0 Å². The van der Waals surface area contributed by atoms with Crippen LogP contribution in [0.2, 0.25) is 0 Å². The van der Waals surface area contributed by atoms with Crippen molar-refractivity contribution in [2.45, 2.75) is 27.7 Å². The summed E-state index contributed by atoms with van der Waals surface area (Å²) in [5.41, 5.74) is 1.41. The van der Waals surface area contributed by atoms with Crippen LogP contribution in [0, 0.1) is 13.8 Å². The summed E-state index contributed by atoms with van der Waals surface area (Å²) >= 11 is 1.80. The first-order valence-electron chi connectivity index (χ1n) is 3.31.